The molecule has 1 atom stereocenters. The van der Waals surface area contributed by atoms with Crippen LogP contribution in [0.15, 0.2) is 4.99 Å². The van der Waals surface area contributed by atoms with Crippen molar-refractivity contribution in [3.63, 3.8) is 0 Å². The van der Waals surface area contributed by atoms with Gasteiger partial charge in [-0.1, -0.05) is 58.3 Å². The van der Waals surface area contributed by atoms with Gasteiger partial charge in [0.05, 0.1) is 13.2 Å². The summed E-state index contributed by atoms with van der Waals surface area (Å²) in [5, 5.41) is 18.5. The molecule has 0 aromatic heterocycles. The summed E-state index contributed by atoms with van der Waals surface area (Å²) >= 11 is 0. The predicted molar refractivity (Wildman–Crippen MR) is 95.7 cm³/mol. The summed E-state index contributed by atoms with van der Waals surface area (Å²) in [6, 6.07) is 0. The van der Waals surface area contributed by atoms with E-state index in [-0.39, 0.29) is 48.2 Å². The second-order valence-corrected chi connectivity index (χ2v) is 6.74. The number of hydrogen-bond donors (Lipinski definition) is 2. The first-order chi connectivity index (χ1) is 11.1. The molecule has 25 heavy (non-hydrogen) atoms. The second-order valence-electron chi connectivity index (χ2n) is 6.74. The van der Waals surface area contributed by atoms with Crippen LogP contribution in [-0.4, -0.2) is 64.8 Å². The van der Waals surface area contributed by atoms with Crippen molar-refractivity contribution in [2.45, 2.75) is 71.1 Å². The van der Waals surface area contributed by atoms with Crippen molar-refractivity contribution in [1.29, 1.82) is 0 Å². The number of amidine groups is 1. The van der Waals surface area contributed by atoms with E-state index in [0.717, 1.165) is 25.2 Å². The molecule has 0 saturated heterocycles. The van der Waals surface area contributed by atoms with Gasteiger partial charge in [0, 0.05) is 6.42 Å². The van der Waals surface area contributed by atoms with Crippen molar-refractivity contribution in [2.24, 2.45) is 4.99 Å². The van der Waals surface area contributed by atoms with Gasteiger partial charge in [-0.15, -0.1) is 0 Å². The Hall–Kier alpha value is 0.0200. The predicted octanol–water partition coefficient (Wildman–Crippen LogP) is 0.0403. The molecule has 7 heteroatoms. The van der Waals surface area contributed by atoms with E-state index in [1.807, 2.05) is 0 Å². The maximum absolute atomic E-state index is 11.2. The largest absolute Gasteiger partial charge is 1.00 e. The average molecular weight is 367 g/mol. The number of aliphatic hydroxyl groups is 1. The van der Waals surface area contributed by atoms with Gasteiger partial charge in [-0.25, -0.2) is 9.79 Å². The zero-order valence-corrected chi connectivity index (χ0v) is 18.3. The van der Waals surface area contributed by atoms with Crippen LogP contribution in [0.25, 0.3) is 0 Å². The molecule has 0 radical (unpaired) electrons. The molecular weight excluding hydrogens is 331 g/mol. The molecule has 0 spiro atoms. The zero-order valence-electron chi connectivity index (χ0n) is 16.3. The summed E-state index contributed by atoms with van der Waals surface area (Å²) in [6.07, 6.45) is 12.4. The Morgan fingerprint density at radius 2 is 1.64 bits per heavy atom. The Kier molecular flexibility index (Phi) is 17.7. The molecule has 0 amide bonds. The van der Waals surface area contributed by atoms with Crippen LogP contribution in [0, 0.1) is 0 Å². The first kappa shape index (κ1) is 27.2. The Morgan fingerprint density at radius 3 is 2.16 bits per heavy atom. The van der Waals surface area contributed by atoms with Crippen molar-refractivity contribution in [3.8, 4) is 0 Å². The number of carbonyl (C=O) groups is 1. The standard InChI is InChI=1S/C18H34N2O3.Na.H2O/c1-2-3-4-5-6-7-8-9-10-11-17-19-12-13-20(17,14-15-21)16-18(22)23;;/h21H,2-16H2,1H3;;1H2/q;+1;. The first-order valence-electron chi connectivity index (χ1n) is 9.37. The zero-order chi connectivity index (χ0) is 17.0. The van der Waals surface area contributed by atoms with Gasteiger partial charge in [-0.3, -0.25) is 4.48 Å². The Bertz CT molecular complexity index is 380. The quantitative estimate of drug-likeness (QED) is 0.257. The Balaban J connectivity index is 0. The SMILES string of the molecule is CCCCCCCCCCCC1=NCC[N+]1(CCO)CC(=O)O.[Na+].[OH-]. The van der Waals surface area contributed by atoms with E-state index in [2.05, 4.69) is 11.9 Å². The minimum atomic E-state index is -0.805. The van der Waals surface area contributed by atoms with Crippen LogP contribution >= 0.6 is 0 Å². The van der Waals surface area contributed by atoms with Crippen molar-refractivity contribution in [2.75, 3.05) is 32.8 Å². The molecule has 1 aliphatic heterocycles. The third-order valence-electron chi connectivity index (χ3n) is 4.84. The number of aliphatic hydroxyl groups excluding tert-OH is 1. The minimum Gasteiger partial charge on any atom is -0.870 e. The van der Waals surface area contributed by atoms with Crippen molar-refractivity contribution >= 4 is 11.8 Å². The summed E-state index contributed by atoms with van der Waals surface area (Å²) in [7, 11) is 0. The molecule has 0 fully saturated rings. The maximum Gasteiger partial charge on any atom is 1.00 e. The van der Waals surface area contributed by atoms with Gasteiger partial charge < -0.3 is 15.7 Å². The molecule has 0 bridgehead atoms. The molecule has 1 aliphatic rings. The van der Waals surface area contributed by atoms with E-state index >= 15 is 0 Å². The topological polar surface area (TPSA) is 99.9 Å². The normalized spacial score (nSPS) is 19.0. The molecule has 6 nitrogen and oxygen atoms in total. The molecule has 3 N–H and O–H groups in total. The summed E-state index contributed by atoms with van der Waals surface area (Å²) < 4.78 is 0.364. The van der Waals surface area contributed by atoms with Gasteiger partial charge in [-0.2, -0.15) is 0 Å². The summed E-state index contributed by atoms with van der Waals surface area (Å²) in [6.45, 7) is 4.20. The number of carboxylic acids is 1. The van der Waals surface area contributed by atoms with Gasteiger partial charge in [0.1, 0.15) is 13.1 Å². The van der Waals surface area contributed by atoms with Crippen LogP contribution in [0.1, 0.15) is 71.1 Å². The molecule has 0 aromatic rings. The molecule has 0 aliphatic carbocycles. The van der Waals surface area contributed by atoms with Crippen LogP contribution in [0.4, 0.5) is 0 Å². The van der Waals surface area contributed by atoms with Crippen LogP contribution in [-0.2, 0) is 4.79 Å². The van der Waals surface area contributed by atoms with Gasteiger partial charge in [0.2, 0.25) is 0 Å². The minimum absolute atomic E-state index is 0. The van der Waals surface area contributed by atoms with Crippen LogP contribution < -0.4 is 29.6 Å². The average Bonchev–Trinajstić information content (AvgIpc) is 2.87. The fraction of sp³-hybridized carbons (Fsp3) is 0.889. The molecule has 142 valence electrons. The molecule has 1 unspecified atom stereocenters. The molecular formula is C18H36N2NaO4+. The number of rotatable bonds is 14. The summed E-state index contributed by atoms with van der Waals surface area (Å²) in [4.78, 5) is 15.7. The number of carboxylic acid groups (broad SMARTS) is 1. The first-order valence-corrected chi connectivity index (χ1v) is 9.37. The number of aliphatic imine (C=N–C) groups is 1. The van der Waals surface area contributed by atoms with Gasteiger partial charge in [-0.05, 0) is 6.42 Å². The number of hydrogen-bond acceptors (Lipinski definition) is 4. The summed E-state index contributed by atoms with van der Waals surface area (Å²) in [5.41, 5.74) is 0. The van der Waals surface area contributed by atoms with Crippen molar-refractivity contribution in [1.82, 2.24) is 0 Å². The van der Waals surface area contributed by atoms with Crippen LogP contribution in [0.3, 0.4) is 0 Å². The molecule has 1 heterocycles. The Morgan fingerprint density at radius 1 is 1.08 bits per heavy atom. The molecule has 1 rings (SSSR count). The molecule has 0 saturated carbocycles. The van der Waals surface area contributed by atoms with E-state index in [0.29, 0.717) is 17.6 Å². The van der Waals surface area contributed by atoms with Crippen molar-refractivity contribution < 1.29 is 54.5 Å². The van der Waals surface area contributed by atoms with Gasteiger partial charge in [0.15, 0.2) is 12.4 Å². The number of nitrogens with zero attached hydrogens (tertiary/aromatic N) is 2. The third kappa shape index (κ3) is 10.7. The monoisotopic (exact) mass is 367 g/mol. The van der Waals surface area contributed by atoms with E-state index in [4.69, 9.17) is 5.11 Å². The van der Waals surface area contributed by atoms with Crippen LogP contribution in [0.2, 0.25) is 0 Å². The fourth-order valence-electron chi connectivity index (χ4n) is 3.50. The number of quaternary nitrogens is 1. The van der Waals surface area contributed by atoms with Crippen molar-refractivity contribution in [3.05, 3.63) is 0 Å². The van der Waals surface area contributed by atoms with E-state index in [9.17, 15) is 9.90 Å². The molecule has 0 aromatic carbocycles. The van der Waals surface area contributed by atoms with Crippen LogP contribution in [0.5, 0.6) is 0 Å². The smallest absolute Gasteiger partial charge is 0.870 e. The maximum atomic E-state index is 11.2. The van der Waals surface area contributed by atoms with E-state index in [1.165, 1.54) is 51.4 Å². The van der Waals surface area contributed by atoms with E-state index in [1.54, 1.807) is 0 Å². The van der Waals surface area contributed by atoms with Gasteiger partial charge >= 0.3 is 35.5 Å². The number of unbranched alkanes of at least 4 members (excludes halogenated alkanes) is 8. The fourth-order valence-corrected chi connectivity index (χ4v) is 3.50. The van der Waals surface area contributed by atoms with Gasteiger partial charge in [0.25, 0.3) is 0 Å². The third-order valence-corrected chi connectivity index (χ3v) is 4.84. The Labute approximate surface area is 174 Å². The summed E-state index contributed by atoms with van der Waals surface area (Å²) in [5.74, 6) is 0.185. The number of aliphatic carboxylic acids is 1. The van der Waals surface area contributed by atoms with E-state index < -0.39 is 5.97 Å². The second kappa shape index (κ2) is 16.2.